The van der Waals surface area contributed by atoms with Crippen molar-refractivity contribution in [2.45, 2.75) is 26.3 Å². The van der Waals surface area contributed by atoms with Crippen molar-refractivity contribution in [2.24, 2.45) is 0 Å². The van der Waals surface area contributed by atoms with Crippen molar-refractivity contribution in [3.8, 4) is 0 Å². The molecule has 0 aromatic rings. The maximum Gasteiger partial charge on any atom is 0.153 e. The van der Waals surface area contributed by atoms with Gasteiger partial charge in [0.05, 0.1) is 18.1 Å². The van der Waals surface area contributed by atoms with Crippen LogP contribution < -0.4 is 5.32 Å². The second-order valence-corrected chi connectivity index (χ2v) is 6.91. The van der Waals surface area contributed by atoms with E-state index in [1.165, 1.54) is 0 Å². The Morgan fingerprint density at radius 2 is 2.11 bits per heavy atom. The molecule has 1 aliphatic rings. The molecule has 0 amide bonds. The highest BCUT2D eigenvalue weighted by molar-refractivity contribution is 7.91. The molecule has 1 N–H and O–H groups in total. The van der Waals surface area contributed by atoms with Crippen molar-refractivity contribution < 1.29 is 13.2 Å². The fourth-order valence-corrected chi connectivity index (χ4v) is 3.65. The van der Waals surface area contributed by atoms with Crippen LogP contribution in [0.15, 0.2) is 0 Å². The van der Waals surface area contributed by atoms with Crippen LogP contribution in [-0.4, -0.2) is 70.3 Å². The molecule has 6 heteroatoms. The first-order valence-corrected chi connectivity index (χ1v) is 8.63. The van der Waals surface area contributed by atoms with E-state index in [1.54, 1.807) is 0 Å². The molecule has 1 heterocycles. The summed E-state index contributed by atoms with van der Waals surface area (Å²) in [6, 6.07) is 0.116. The smallest absolute Gasteiger partial charge is 0.153 e. The molecule has 108 valence electrons. The molecule has 5 nitrogen and oxygen atoms in total. The molecule has 0 aromatic carbocycles. The molecular weight excluding hydrogens is 252 g/mol. The monoisotopic (exact) mass is 278 g/mol. The maximum atomic E-state index is 11.5. The quantitative estimate of drug-likeness (QED) is 0.639. The normalized spacial score (nSPS) is 23.4. The first-order chi connectivity index (χ1) is 8.57. The highest BCUT2D eigenvalue weighted by atomic mass is 32.2. The Hall–Kier alpha value is -0.170. The molecule has 0 bridgehead atoms. The molecule has 18 heavy (non-hydrogen) atoms. The van der Waals surface area contributed by atoms with Crippen molar-refractivity contribution in [3.63, 3.8) is 0 Å². The van der Waals surface area contributed by atoms with E-state index < -0.39 is 9.84 Å². The van der Waals surface area contributed by atoms with Crippen LogP contribution in [0, 0.1) is 0 Å². The minimum atomic E-state index is -2.81. The standard InChI is InChI=1S/C12H26N2O3S/c1-3-14(8-9-17-4-2)7-5-12-11-18(15,16)10-6-13-12/h12-13H,3-11H2,1-2H3. The third kappa shape index (κ3) is 6.13. The Bertz CT molecular complexity index is 319. The third-order valence-electron chi connectivity index (χ3n) is 3.30. The zero-order chi connectivity index (χ0) is 13.4. The Labute approximate surface area is 111 Å². The molecule has 1 rings (SSSR count). The van der Waals surface area contributed by atoms with Crippen molar-refractivity contribution in [3.05, 3.63) is 0 Å². The van der Waals surface area contributed by atoms with Gasteiger partial charge >= 0.3 is 0 Å². The van der Waals surface area contributed by atoms with Crippen molar-refractivity contribution in [2.75, 3.05) is 50.9 Å². The number of rotatable bonds is 8. The van der Waals surface area contributed by atoms with Crippen LogP contribution >= 0.6 is 0 Å². The predicted molar refractivity (Wildman–Crippen MR) is 73.7 cm³/mol. The van der Waals surface area contributed by atoms with Gasteiger partial charge in [0.25, 0.3) is 0 Å². The fraction of sp³-hybridized carbons (Fsp3) is 1.00. The van der Waals surface area contributed by atoms with Crippen LogP contribution in [0.1, 0.15) is 20.3 Å². The number of nitrogens with one attached hydrogen (secondary N) is 1. The summed E-state index contributed by atoms with van der Waals surface area (Å²) in [5.74, 6) is 0.571. The van der Waals surface area contributed by atoms with Crippen LogP contribution in [0.2, 0.25) is 0 Å². The number of hydrogen-bond donors (Lipinski definition) is 1. The summed E-state index contributed by atoms with van der Waals surface area (Å²) in [6.07, 6.45) is 0.888. The first-order valence-electron chi connectivity index (χ1n) is 6.81. The lowest BCUT2D eigenvalue weighted by Gasteiger charge is -2.27. The van der Waals surface area contributed by atoms with E-state index in [0.29, 0.717) is 6.54 Å². The fourth-order valence-electron chi connectivity index (χ4n) is 2.16. The van der Waals surface area contributed by atoms with Gasteiger partial charge in [0.15, 0.2) is 9.84 Å². The molecule has 0 aromatic heterocycles. The van der Waals surface area contributed by atoms with Crippen molar-refractivity contribution >= 4 is 9.84 Å². The average Bonchev–Trinajstić information content (AvgIpc) is 2.32. The predicted octanol–water partition coefficient (Wildman–Crippen LogP) is 0.122. The molecule has 0 spiro atoms. The Morgan fingerprint density at radius 3 is 2.72 bits per heavy atom. The van der Waals surface area contributed by atoms with Gasteiger partial charge in [0.1, 0.15) is 0 Å². The van der Waals surface area contributed by atoms with E-state index in [1.807, 2.05) is 6.92 Å². The number of likely N-dealkylation sites (N-methyl/N-ethyl adjacent to an activating group) is 1. The van der Waals surface area contributed by atoms with Crippen LogP contribution in [0.5, 0.6) is 0 Å². The molecule has 0 aliphatic carbocycles. The Morgan fingerprint density at radius 1 is 1.33 bits per heavy atom. The van der Waals surface area contributed by atoms with Gasteiger partial charge < -0.3 is 15.0 Å². The van der Waals surface area contributed by atoms with Gasteiger partial charge in [-0.05, 0) is 26.4 Å². The Kier molecular flexibility index (Phi) is 7.14. The summed E-state index contributed by atoms with van der Waals surface area (Å²) < 4.78 is 28.4. The SMILES string of the molecule is CCOCCN(CC)CCC1CS(=O)(=O)CCN1. The van der Waals surface area contributed by atoms with E-state index in [2.05, 4.69) is 17.1 Å². The van der Waals surface area contributed by atoms with Gasteiger partial charge in [-0.1, -0.05) is 6.92 Å². The van der Waals surface area contributed by atoms with E-state index in [4.69, 9.17) is 4.74 Å². The second-order valence-electron chi connectivity index (χ2n) is 4.69. The molecule has 0 radical (unpaired) electrons. The highest BCUT2D eigenvalue weighted by Gasteiger charge is 2.24. The van der Waals surface area contributed by atoms with E-state index in [9.17, 15) is 8.42 Å². The first kappa shape index (κ1) is 15.9. The van der Waals surface area contributed by atoms with Gasteiger partial charge in [-0.25, -0.2) is 8.42 Å². The number of ether oxygens (including phenoxy) is 1. The summed E-state index contributed by atoms with van der Waals surface area (Å²) in [6.45, 7) is 9.04. The largest absolute Gasteiger partial charge is 0.380 e. The van der Waals surface area contributed by atoms with Gasteiger partial charge in [-0.2, -0.15) is 0 Å². The highest BCUT2D eigenvalue weighted by Crippen LogP contribution is 2.06. The average molecular weight is 278 g/mol. The van der Waals surface area contributed by atoms with Crippen LogP contribution in [0.4, 0.5) is 0 Å². The lowest BCUT2D eigenvalue weighted by Crippen LogP contribution is -2.46. The topological polar surface area (TPSA) is 58.6 Å². The number of sulfone groups is 1. The van der Waals surface area contributed by atoms with Crippen LogP contribution in [0.3, 0.4) is 0 Å². The summed E-state index contributed by atoms with van der Waals surface area (Å²) in [5, 5.41) is 3.28. The van der Waals surface area contributed by atoms with E-state index in [0.717, 1.165) is 39.3 Å². The summed E-state index contributed by atoms with van der Waals surface area (Å²) in [4.78, 5) is 2.30. The van der Waals surface area contributed by atoms with Crippen molar-refractivity contribution in [1.29, 1.82) is 0 Å². The summed E-state index contributed by atoms with van der Waals surface area (Å²) in [5.41, 5.74) is 0. The molecule has 1 unspecified atom stereocenters. The van der Waals surface area contributed by atoms with E-state index >= 15 is 0 Å². The minimum absolute atomic E-state index is 0.116. The third-order valence-corrected chi connectivity index (χ3v) is 5.03. The lowest BCUT2D eigenvalue weighted by molar-refractivity contribution is 0.114. The number of hydrogen-bond acceptors (Lipinski definition) is 5. The molecular formula is C12H26N2O3S. The van der Waals surface area contributed by atoms with Crippen LogP contribution in [0.25, 0.3) is 0 Å². The molecule has 1 atom stereocenters. The maximum absolute atomic E-state index is 11.5. The zero-order valence-electron chi connectivity index (χ0n) is 11.5. The van der Waals surface area contributed by atoms with Gasteiger partial charge in [0.2, 0.25) is 0 Å². The molecule has 0 saturated carbocycles. The van der Waals surface area contributed by atoms with Crippen LogP contribution in [-0.2, 0) is 14.6 Å². The molecule has 1 saturated heterocycles. The molecule has 1 fully saturated rings. The number of nitrogens with zero attached hydrogens (tertiary/aromatic N) is 1. The zero-order valence-corrected chi connectivity index (χ0v) is 12.3. The summed E-state index contributed by atoms with van der Waals surface area (Å²) >= 11 is 0. The van der Waals surface area contributed by atoms with Gasteiger partial charge in [-0.3, -0.25) is 0 Å². The summed E-state index contributed by atoms with van der Waals surface area (Å²) in [7, 11) is -2.81. The van der Waals surface area contributed by atoms with Crippen molar-refractivity contribution in [1.82, 2.24) is 10.2 Å². The van der Waals surface area contributed by atoms with E-state index in [-0.39, 0.29) is 17.5 Å². The van der Waals surface area contributed by atoms with Gasteiger partial charge in [-0.15, -0.1) is 0 Å². The van der Waals surface area contributed by atoms with Gasteiger partial charge in [0, 0.05) is 25.7 Å². The lowest BCUT2D eigenvalue weighted by atomic mass is 10.2. The Balaban J connectivity index is 2.25. The minimum Gasteiger partial charge on any atom is -0.380 e. The molecule has 1 aliphatic heterocycles. The second kappa shape index (κ2) is 8.09.